The minimum absolute atomic E-state index is 0.00987. The van der Waals surface area contributed by atoms with Crippen molar-refractivity contribution in [2.75, 3.05) is 7.11 Å². The maximum Gasteiger partial charge on any atom is 0.287 e. The van der Waals surface area contributed by atoms with Crippen LogP contribution in [-0.2, 0) is 0 Å². The summed E-state index contributed by atoms with van der Waals surface area (Å²) in [6, 6.07) is 15.4. The molecule has 0 aliphatic carbocycles. The maximum absolute atomic E-state index is 12.5. The molecular weight excluding hydrogens is 318 g/mol. The fourth-order valence-electron chi connectivity index (χ4n) is 2.70. The van der Waals surface area contributed by atoms with E-state index in [4.69, 9.17) is 9.15 Å². The predicted octanol–water partition coefficient (Wildman–Crippen LogP) is 3.68. The van der Waals surface area contributed by atoms with Gasteiger partial charge in [-0.3, -0.25) is 9.59 Å². The maximum atomic E-state index is 12.5. The fourth-order valence-corrected chi connectivity index (χ4v) is 2.70. The number of ether oxygens (including phenoxy) is 1. The molecule has 0 saturated heterocycles. The summed E-state index contributed by atoms with van der Waals surface area (Å²) in [5.41, 5.74) is 1.13. The first-order valence-corrected chi connectivity index (χ1v) is 8.10. The van der Waals surface area contributed by atoms with Gasteiger partial charge in [0, 0.05) is 6.07 Å². The summed E-state index contributed by atoms with van der Waals surface area (Å²) < 4.78 is 10.7. The first-order chi connectivity index (χ1) is 12.1. The lowest BCUT2D eigenvalue weighted by molar-refractivity contribution is 0.0908. The van der Waals surface area contributed by atoms with Gasteiger partial charge in [0.05, 0.1) is 18.5 Å². The van der Waals surface area contributed by atoms with Crippen molar-refractivity contribution in [3.8, 4) is 5.75 Å². The number of para-hydroxylation sites is 1. The lowest BCUT2D eigenvalue weighted by Gasteiger charge is -2.17. The Morgan fingerprint density at radius 3 is 2.56 bits per heavy atom. The van der Waals surface area contributed by atoms with Gasteiger partial charge in [-0.2, -0.15) is 0 Å². The minimum atomic E-state index is -0.412. The van der Waals surface area contributed by atoms with Crippen LogP contribution in [0.5, 0.6) is 5.75 Å². The smallest absolute Gasteiger partial charge is 0.287 e. The van der Waals surface area contributed by atoms with Gasteiger partial charge < -0.3 is 14.5 Å². The summed E-state index contributed by atoms with van der Waals surface area (Å²) >= 11 is 0. The van der Waals surface area contributed by atoms with E-state index in [0.717, 1.165) is 11.3 Å². The average molecular weight is 337 g/mol. The quantitative estimate of drug-likeness (QED) is 0.771. The third-order valence-electron chi connectivity index (χ3n) is 4.09. The van der Waals surface area contributed by atoms with Crippen molar-refractivity contribution in [1.29, 1.82) is 0 Å². The molecule has 0 fully saturated rings. The number of methoxy groups -OCH3 is 1. The molecule has 0 spiro atoms. The summed E-state index contributed by atoms with van der Waals surface area (Å²) in [5.74, 6) is 0.353. The molecule has 1 amide bonds. The summed E-state index contributed by atoms with van der Waals surface area (Å²) in [5, 5.41) is 3.38. The number of hydrogen-bond acceptors (Lipinski definition) is 4. The van der Waals surface area contributed by atoms with Crippen LogP contribution in [0, 0.1) is 0 Å². The lowest BCUT2D eigenvalue weighted by Crippen LogP contribution is -2.28. The van der Waals surface area contributed by atoms with Crippen LogP contribution in [0.1, 0.15) is 35.5 Å². The molecule has 2 aromatic carbocycles. The molecule has 0 saturated carbocycles. The number of amides is 1. The number of nitrogens with one attached hydrogen (secondary N) is 1. The van der Waals surface area contributed by atoms with Gasteiger partial charge in [0.25, 0.3) is 5.91 Å². The standard InChI is InChI=1S/C20H19NO4/c1-3-16(13-8-10-14(24-2)11-9-13)21-20(23)19-12-17(22)15-6-4-5-7-18(15)25-19/h4-12,16H,3H2,1-2H3,(H,21,23). The summed E-state index contributed by atoms with van der Waals surface area (Å²) in [6.07, 6.45) is 0.704. The minimum Gasteiger partial charge on any atom is -0.497 e. The van der Waals surface area contributed by atoms with Crippen molar-refractivity contribution in [2.24, 2.45) is 0 Å². The molecule has 0 aliphatic heterocycles. The highest BCUT2D eigenvalue weighted by atomic mass is 16.5. The molecule has 0 aliphatic rings. The van der Waals surface area contributed by atoms with Crippen molar-refractivity contribution in [3.63, 3.8) is 0 Å². The highest BCUT2D eigenvalue weighted by Crippen LogP contribution is 2.21. The number of benzene rings is 2. The van der Waals surface area contributed by atoms with Crippen LogP contribution in [0.15, 0.2) is 63.8 Å². The van der Waals surface area contributed by atoms with Gasteiger partial charge >= 0.3 is 0 Å². The van der Waals surface area contributed by atoms with Crippen molar-refractivity contribution in [2.45, 2.75) is 19.4 Å². The Labute approximate surface area is 145 Å². The normalized spacial score (nSPS) is 11.9. The van der Waals surface area contributed by atoms with Crippen molar-refractivity contribution >= 4 is 16.9 Å². The number of rotatable bonds is 5. The zero-order chi connectivity index (χ0) is 17.8. The van der Waals surface area contributed by atoms with Crippen LogP contribution < -0.4 is 15.5 Å². The molecule has 25 heavy (non-hydrogen) atoms. The monoisotopic (exact) mass is 337 g/mol. The van der Waals surface area contributed by atoms with Crippen molar-refractivity contribution < 1.29 is 13.9 Å². The Balaban J connectivity index is 1.85. The molecular formula is C20H19NO4. The molecule has 0 radical (unpaired) electrons. The molecule has 3 rings (SSSR count). The van der Waals surface area contributed by atoms with E-state index in [-0.39, 0.29) is 17.2 Å². The van der Waals surface area contributed by atoms with E-state index < -0.39 is 5.91 Å². The van der Waals surface area contributed by atoms with Gasteiger partial charge in [0.2, 0.25) is 0 Å². The van der Waals surface area contributed by atoms with Crippen LogP contribution in [0.2, 0.25) is 0 Å². The van der Waals surface area contributed by atoms with E-state index in [0.29, 0.717) is 17.4 Å². The van der Waals surface area contributed by atoms with Gasteiger partial charge in [0.15, 0.2) is 11.2 Å². The Morgan fingerprint density at radius 1 is 1.16 bits per heavy atom. The highest BCUT2D eigenvalue weighted by molar-refractivity contribution is 5.93. The van der Waals surface area contributed by atoms with E-state index in [9.17, 15) is 9.59 Å². The molecule has 1 heterocycles. The zero-order valence-corrected chi connectivity index (χ0v) is 14.1. The molecule has 1 N–H and O–H groups in total. The van der Waals surface area contributed by atoms with Gasteiger partial charge in [-0.25, -0.2) is 0 Å². The fraction of sp³-hybridized carbons (Fsp3) is 0.200. The molecule has 3 aromatic rings. The summed E-state index contributed by atoms with van der Waals surface area (Å²) in [7, 11) is 1.61. The number of carbonyl (C=O) groups excluding carboxylic acids is 1. The van der Waals surface area contributed by atoms with Crippen LogP contribution in [-0.4, -0.2) is 13.0 Å². The number of fused-ring (bicyclic) bond motifs is 1. The summed E-state index contributed by atoms with van der Waals surface area (Å²) in [4.78, 5) is 24.7. The Kier molecular flexibility index (Phi) is 4.84. The van der Waals surface area contributed by atoms with E-state index in [2.05, 4.69) is 5.32 Å². The molecule has 5 nitrogen and oxygen atoms in total. The highest BCUT2D eigenvalue weighted by Gasteiger charge is 2.17. The van der Waals surface area contributed by atoms with Crippen LogP contribution in [0.3, 0.4) is 0 Å². The largest absolute Gasteiger partial charge is 0.497 e. The zero-order valence-electron chi connectivity index (χ0n) is 14.1. The average Bonchev–Trinajstić information content (AvgIpc) is 2.66. The molecule has 1 aromatic heterocycles. The second kappa shape index (κ2) is 7.21. The van der Waals surface area contributed by atoms with Crippen LogP contribution >= 0.6 is 0 Å². The second-order valence-electron chi connectivity index (χ2n) is 5.68. The number of hydrogen-bond donors (Lipinski definition) is 1. The Morgan fingerprint density at radius 2 is 1.88 bits per heavy atom. The number of carbonyl (C=O) groups is 1. The second-order valence-corrected chi connectivity index (χ2v) is 5.68. The molecule has 0 bridgehead atoms. The first-order valence-electron chi connectivity index (χ1n) is 8.10. The molecule has 1 unspecified atom stereocenters. The third kappa shape index (κ3) is 3.55. The van der Waals surface area contributed by atoms with E-state index >= 15 is 0 Å². The van der Waals surface area contributed by atoms with E-state index in [1.807, 2.05) is 31.2 Å². The molecule has 5 heteroatoms. The Hall–Kier alpha value is -3.08. The van der Waals surface area contributed by atoms with Gasteiger partial charge in [-0.05, 0) is 36.2 Å². The van der Waals surface area contributed by atoms with Gasteiger partial charge in [0.1, 0.15) is 11.3 Å². The lowest BCUT2D eigenvalue weighted by atomic mass is 10.0. The molecule has 128 valence electrons. The van der Waals surface area contributed by atoms with Crippen LogP contribution in [0.4, 0.5) is 0 Å². The Bertz CT molecular complexity index is 944. The van der Waals surface area contributed by atoms with Gasteiger partial charge in [-0.1, -0.05) is 31.2 Å². The summed E-state index contributed by atoms with van der Waals surface area (Å²) in [6.45, 7) is 1.98. The first kappa shape index (κ1) is 16.8. The van der Waals surface area contributed by atoms with Gasteiger partial charge in [-0.15, -0.1) is 0 Å². The predicted molar refractivity (Wildman–Crippen MR) is 96.0 cm³/mol. The van der Waals surface area contributed by atoms with Crippen LogP contribution in [0.25, 0.3) is 11.0 Å². The third-order valence-corrected chi connectivity index (χ3v) is 4.09. The van der Waals surface area contributed by atoms with Crippen molar-refractivity contribution in [3.05, 3.63) is 76.1 Å². The SMILES string of the molecule is CCC(NC(=O)c1cc(=O)c2ccccc2o1)c1ccc(OC)cc1. The molecule has 1 atom stereocenters. The topological polar surface area (TPSA) is 68.5 Å². The van der Waals surface area contributed by atoms with E-state index in [1.54, 1.807) is 31.4 Å². The van der Waals surface area contributed by atoms with Crippen molar-refractivity contribution in [1.82, 2.24) is 5.32 Å². The van der Waals surface area contributed by atoms with E-state index in [1.165, 1.54) is 6.07 Å².